The summed E-state index contributed by atoms with van der Waals surface area (Å²) in [6.45, 7) is 0. The molecule has 2 aromatic rings. The Morgan fingerprint density at radius 1 is 0.773 bits per heavy atom. The molecule has 0 unspecified atom stereocenters. The predicted octanol–water partition coefficient (Wildman–Crippen LogP) is 4.60. The number of hydrogen-bond donors (Lipinski definition) is 1. The number of carbonyl (C=O) groups is 1. The van der Waals surface area contributed by atoms with Crippen molar-refractivity contribution < 1.29 is 9.90 Å². The molecular weight excluding hydrogens is 272 g/mol. The predicted molar refractivity (Wildman–Crippen MR) is 91.4 cm³/mol. The highest BCUT2D eigenvalue weighted by molar-refractivity contribution is 5.70. The van der Waals surface area contributed by atoms with E-state index >= 15 is 0 Å². The van der Waals surface area contributed by atoms with Gasteiger partial charge in [-0.25, -0.2) is 0 Å². The van der Waals surface area contributed by atoms with Crippen LogP contribution in [0.3, 0.4) is 0 Å². The molecule has 2 rings (SSSR count). The summed E-state index contributed by atoms with van der Waals surface area (Å²) in [6, 6.07) is 17.6. The largest absolute Gasteiger partial charge is 0.481 e. The molecule has 2 heteroatoms. The average molecular weight is 290 g/mol. The summed E-state index contributed by atoms with van der Waals surface area (Å²) in [7, 11) is 0. The van der Waals surface area contributed by atoms with Gasteiger partial charge >= 0.3 is 5.97 Å². The van der Waals surface area contributed by atoms with Crippen molar-refractivity contribution in [1.82, 2.24) is 0 Å². The van der Waals surface area contributed by atoms with Crippen LogP contribution in [0.2, 0.25) is 0 Å². The molecule has 110 valence electrons. The first-order valence-electron chi connectivity index (χ1n) is 7.11. The van der Waals surface area contributed by atoms with E-state index in [1.807, 2.05) is 78.9 Å². The number of hydrogen-bond acceptors (Lipinski definition) is 1. The quantitative estimate of drug-likeness (QED) is 0.790. The summed E-state index contributed by atoms with van der Waals surface area (Å²) in [4.78, 5) is 10.6. The van der Waals surface area contributed by atoms with Crippen LogP contribution in [0, 0.1) is 0 Å². The Labute approximate surface area is 130 Å². The monoisotopic (exact) mass is 290 g/mol. The molecule has 0 saturated carbocycles. The molecule has 0 spiro atoms. The third kappa shape index (κ3) is 5.63. The molecule has 0 bridgehead atoms. The first-order valence-corrected chi connectivity index (χ1v) is 7.11. The topological polar surface area (TPSA) is 37.3 Å². The molecule has 0 aliphatic rings. The zero-order chi connectivity index (χ0) is 15.6. The lowest BCUT2D eigenvalue weighted by Gasteiger charge is -1.97. The second kappa shape index (κ2) is 8.42. The van der Waals surface area contributed by atoms with E-state index in [1.165, 1.54) is 5.56 Å². The van der Waals surface area contributed by atoms with Gasteiger partial charge < -0.3 is 5.11 Å². The van der Waals surface area contributed by atoms with Gasteiger partial charge in [0, 0.05) is 0 Å². The lowest BCUT2D eigenvalue weighted by atomic mass is 10.1. The van der Waals surface area contributed by atoms with Crippen LogP contribution in [0.4, 0.5) is 0 Å². The fourth-order valence-electron chi connectivity index (χ4n) is 1.95. The molecule has 22 heavy (non-hydrogen) atoms. The zero-order valence-corrected chi connectivity index (χ0v) is 12.2. The van der Waals surface area contributed by atoms with Crippen molar-refractivity contribution in [3.63, 3.8) is 0 Å². The molecule has 0 aromatic heterocycles. The smallest absolute Gasteiger partial charge is 0.307 e. The van der Waals surface area contributed by atoms with Gasteiger partial charge in [-0.1, -0.05) is 91.1 Å². The van der Waals surface area contributed by atoms with Gasteiger partial charge in [-0.05, 0) is 16.7 Å². The fourth-order valence-corrected chi connectivity index (χ4v) is 1.95. The highest BCUT2D eigenvalue weighted by atomic mass is 16.4. The third-order valence-corrected chi connectivity index (χ3v) is 3.05. The fraction of sp³-hybridized carbons (Fsp3) is 0.0500. The normalized spacial score (nSPS) is 11.6. The summed E-state index contributed by atoms with van der Waals surface area (Å²) in [5, 5.41) is 8.71. The SMILES string of the molecule is O=C(O)Cc1ccc(C=CC=CC=Cc2ccccc2)cc1. The van der Waals surface area contributed by atoms with Gasteiger partial charge in [-0.3, -0.25) is 4.79 Å². The molecule has 2 aromatic carbocycles. The van der Waals surface area contributed by atoms with Gasteiger partial charge in [0.1, 0.15) is 0 Å². The number of benzene rings is 2. The van der Waals surface area contributed by atoms with Crippen LogP contribution < -0.4 is 0 Å². The molecule has 0 aliphatic carbocycles. The van der Waals surface area contributed by atoms with E-state index < -0.39 is 5.97 Å². The van der Waals surface area contributed by atoms with Crippen molar-refractivity contribution in [3.05, 3.63) is 95.6 Å². The minimum absolute atomic E-state index is 0.0637. The van der Waals surface area contributed by atoms with Crippen molar-refractivity contribution >= 4 is 18.1 Å². The van der Waals surface area contributed by atoms with E-state index in [2.05, 4.69) is 12.1 Å². The second-order valence-electron chi connectivity index (χ2n) is 4.83. The maximum absolute atomic E-state index is 10.6. The minimum Gasteiger partial charge on any atom is -0.481 e. The molecule has 0 amide bonds. The van der Waals surface area contributed by atoms with E-state index in [4.69, 9.17) is 5.11 Å². The van der Waals surface area contributed by atoms with Crippen LogP contribution in [0.5, 0.6) is 0 Å². The van der Waals surface area contributed by atoms with Crippen molar-refractivity contribution in [3.8, 4) is 0 Å². The first-order chi connectivity index (χ1) is 10.7. The summed E-state index contributed by atoms with van der Waals surface area (Å²) < 4.78 is 0. The second-order valence-corrected chi connectivity index (χ2v) is 4.83. The van der Waals surface area contributed by atoms with Crippen LogP contribution in [-0.2, 0) is 11.2 Å². The Morgan fingerprint density at radius 3 is 1.86 bits per heavy atom. The summed E-state index contributed by atoms with van der Waals surface area (Å²) in [5.74, 6) is -0.809. The Morgan fingerprint density at radius 2 is 1.32 bits per heavy atom. The van der Waals surface area contributed by atoms with E-state index in [1.54, 1.807) is 0 Å². The Hall–Kier alpha value is -2.87. The van der Waals surface area contributed by atoms with Crippen LogP contribution in [0.15, 0.2) is 78.9 Å². The van der Waals surface area contributed by atoms with Crippen LogP contribution in [0.25, 0.3) is 12.2 Å². The van der Waals surface area contributed by atoms with Gasteiger partial charge in [0.25, 0.3) is 0 Å². The molecule has 0 saturated heterocycles. The number of rotatable bonds is 6. The van der Waals surface area contributed by atoms with Gasteiger partial charge in [-0.2, -0.15) is 0 Å². The number of carboxylic acids is 1. The maximum Gasteiger partial charge on any atom is 0.307 e. The molecule has 0 heterocycles. The van der Waals surface area contributed by atoms with Gasteiger partial charge in [0.2, 0.25) is 0 Å². The third-order valence-electron chi connectivity index (χ3n) is 3.05. The molecule has 0 radical (unpaired) electrons. The molecule has 0 atom stereocenters. The Balaban J connectivity index is 1.85. The lowest BCUT2D eigenvalue weighted by molar-refractivity contribution is -0.136. The summed E-state index contributed by atoms with van der Waals surface area (Å²) in [5.41, 5.74) is 3.03. The van der Waals surface area contributed by atoms with Gasteiger partial charge in [-0.15, -0.1) is 0 Å². The number of allylic oxidation sites excluding steroid dienone is 4. The van der Waals surface area contributed by atoms with Gasteiger partial charge in [0.05, 0.1) is 6.42 Å². The zero-order valence-electron chi connectivity index (χ0n) is 12.2. The van der Waals surface area contributed by atoms with Crippen molar-refractivity contribution in [2.75, 3.05) is 0 Å². The average Bonchev–Trinajstić information content (AvgIpc) is 2.53. The summed E-state index contributed by atoms with van der Waals surface area (Å²) in [6.07, 6.45) is 12.0. The minimum atomic E-state index is -0.809. The molecule has 1 N–H and O–H groups in total. The number of aliphatic carboxylic acids is 1. The highest BCUT2D eigenvalue weighted by Crippen LogP contribution is 2.07. The van der Waals surface area contributed by atoms with Crippen LogP contribution >= 0.6 is 0 Å². The van der Waals surface area contributed by atoms with Crippen molar-refractivity contribution in [1.29, 1.82) is 0 Å². The standard InChI is InChI=1S/C20H18O2/c21-20(22)16-19-14-12-18(13-15-19)11-5-2-1-4-8-17-9-6-3-7-10-17/h1-15H,16H2,(H,21,22). The Kier molecular flexibility index (Phi) is 5.94. The molecule has 2 nitrogen and oxygen atoms in total. The molecule has 0 fully saturated rings. The summed E-state index contributed by atoms with van der Waals surface area (Å²) >= 11 is 0. The highest BCUT2D eigenvalue weighted by Gasteiger charge is 1.98. The van der Waals surface area contributed by atoms with Crippen LogP contribution in [0.1, 0.15) is 16.7 Å². The van der Waals surface area contributed by atoms with Crippen LogP contribution in [-0.4, -0.2) is 11.1 Å². The molecule has 0 aliphatic heterocycles. The van der Waals surface area contributed by atoms with E-state index in [9.17, 15) is 4.79 Å². The maximum atomic E-state index is 10.6. The van der Waals surface area contributed by atoms with Crippen molar-refractivity contribution in [2.24, 2.45) is 0 Å². The van der Waals surface area contributed by atoms with Crippen molar-refractivity contribution in [2.45, 2.75) is 6.42 Å². The lowest BCUT2D eigenvalue weighted by Crippen LogP contribution is -1.99. The van der Waals surface area contributed by atoms with E-state index in [0.29, 0.717) is 0 Å². The molecular formula is C20H18O2. The first kappa shape index (κ1) is 15.5. The van der Waals surface area contributed by atoms with E-state index in [-0.39, 0.29) is 6.42 Å². The van der Waals surface area contributed by atoms with E-state index in [0.717, 1.165) is 11.1 Å². The Bertz CT molecular complexity index is 677. The number of carboxylic acid groups (broad SMARTS) is 1. The van der Waals surface area contributed by atoms with Gasteiger partial charge in [0.15, 0.2) is 0 Å².